The van der Waals surface area contributed by atoms with Crippen LogP contribution in [-0.4, -0.2) is 24.3 Å². The van der Waals surface area contributed by atoms with Gasteiger partial charge in [0, 0.05) is 36.5 Å². The quantitative estimate of drug-likeness (QED) is 0.611. The Kier molecular flexibility index (Phi) is 3.38. The minimum Gasteiger partial charge on any atom is -0.374 e. The van der Waals surface area contributed by atoms with Crippen LogP contribution >= 0.6 is 0 Å². The summed E-state index contributed by atoms with van der Waals surface area (Å²) in [6.45, 7) is 0.949. The van der Waals surface area contributed by atoms with Gasteiger partial charge in [-0.25, -0.2) is 0 Å². The number of hydrogen-bond acceptors (Lipinski definition) is 2. The number of likely N-dealkylation sites (N-methyl/N-ethyl adjacent to an activating group) is 1. The van der Waals surface area contributed by atoms with E-state index in [1.807, 2.05) is 43.4 Å². The molecule has 0 fully saturated rings. The molecule has 0 aromatic heterocycles. The van der Waals surface area contributed by atoms with Gasteiger partial charge in [0.15, 0.2) is 5.78 Å². The van der Waals surface area contributed by atoms with E-state index >= 15 is 0 Å². The van der Waals surface area contributed by atoms with Gasteiger partial charge < -0.3 is 4.90 Å². The number of nitrogens with zero attached hydrogens (tertiary/aromatic N) is 1. The topological polar surface area (TPSA) is 20.3 Å². The maximum atomic E-state index is 12.4. The van der Waals surface area contributed by atoms with Gasteiger partial charge in [0.2, 0.25) is 0 Å². The number of hydrogen-bond donors (Lipinski definition) is 0. The van der Waals surface area contributed by atoms with Gasteiger partial charge in [-0.1, -0.05) is 54.6 Å². The first-order valence-corrected chi connectivity index (χ1v) is 6.86. The highest BCUT2D eigenvalue weighted by atomic mass is 16.1. The molecule has 20 heavy (non-hydrogen) atoms. The second-order valence-electron chi connectivity index (χ2n) is 5.09. The fraction of sp³-hybridized carbons (Fsp3) is 0.167. The smallest absolute Gasteiger partial charge is 0.187 e. The van der Waals surface area contributed by atoms with Crippen molar-refractivity contribution in [2.24, 2.45) is 0 Å². The summed E-state index contributed by atoms with van der Waals surface area (Å²) in [5.74, 6) is 0.0594. The van der Waals surface area contributed by atoms with Crippen LogP contribution in [0.5, 0.6) is 0 Å². The predicted molar refractivity (Wildman–Crippen MR) is 81.5 cm³/mol. The van der Waals surface area contributed by atoms with Crippen LogP contribution in [0.25, 0.3) is 5.70 Å². The SMILES string of the molecule is CN1CCc2ccccc2/C1=C\C(=O)c1ccccc1. The number of fused-ring (bicyclic) bond motifs is 1. The second-order valence-corrected chi connectivity index (χ2v) is 5.09. The summed E-state index contributed by atoms with van der Waals surface area (Å²) in [5, 5.41) is 0. The van der Waals surface area contributed by atoms with E-state index in [0.29, 0.717) is 0 Å². The third-order valence-electron chi connectivity index (χ3n) is 3.75. The lowest BCUT2D eigenvalue weighted by molar-refractivity contribution is 0.104. The molecular weight excluding hydrogens is 246 g/mol. The lowest BCUT2D eigenvalue weighted by Gasteiger charge is -2.29. The zero-order chi connectivity index (χ0) is 13.9. The Labute approximate surface area is 119 Å². The normalized spacial score (nSPS) is 16.1. The van der Waals surface area contributed by atoms with E-state index in [2.05, 4.69) is 23.1 Å². The van der Waals surface area contributed by atoms with E-state index in [1.54, 1.807) is 6.08 Å². The van der Waals surface area contributed by atoms with Gasteiger partial charge in [-0.05, 0) is 12.0 Å². The minimum absolute atomic E-state index is 0.0594. The summed E-state index contributed by atoms with van der Waals surface area (Å²) in [6, 6.07) is 17.7. The van der Waals surface area contributed by atoms with Crippen LogP contribution < -0.4 is 0 Å². The number of benzene rings is 2. The highest BCUT2D eigenvalue weighted by Gasteiger charge is 2.18. The Morgan fingerprint density at radius 2 is 1.75 bits per heavy atom. The number of ketones is 1. The van der Waals surface area contributed by atoms with Crippen molar-refractivity contribution in [3.05, 3.63) is 77.4 Å². The first kappa shape index (κ1) is 12.7. The van der Waals surface area contributed by atoms with Crippen molar-refractivity contribution >= 4 is 11.5 Å². The molecule has 0 radical (unpaired) electrons. The van der Waals surface area contributed by atoms with Gasteiger partial charge in [0.05, 0.1) is 0 Å². The van der Waals surface area contributed by atoms with Crippen LogP contribution in [0.3, 0.4) is 0 Å². The van der Waals surface area contributed by atoms with Gasteiger partial charge in [0.25, 0.3) is 0 Å². The van der Waals surface area contributed by atoms with Gasteiger partial charge in [-0.3, -0.25) is 4.79 Å². The van der Waals surface area contributed by atoms with Crippen molar-refractivity contribution in [3.63, 3.8) is 0 Å². The summed E-state index contributed by atoms with van der Waals surface area (Å²) in [5.41, 5.74) is 4.24. The van der Waals surface area contributed by atoms with Gasteiger partial charge in [-0.15, -0.1) is 0 Å². The van der Waals surface area contributed by atoms with Crippen molar-refractivity contribution in [3.8, 4) is 0 Å². The number of carbonyl (C=O) groups excluding carboxylic acids is 1. The van der Waals surface area contributed by atoms with Crippen LogP contribution in [0.15, 0.2) is 60.7 Å². The van der Waals surface area contributed by atoms with Gasteiger partial charge >= 0.3 is 0 Å². The van der Waals surface area contributed by atoms with Crippen LogP contribution in [0.2, 0.25) is 0 Å². The first-order chi connectivity index (χ1) is 9.75. The Balaban J connectivity index is 2.01. The Bertz CT molecular complexity index is 658. The third-order valence-corrected chi connectivity index (χ3v) is 3.75. The zero-order valence-electron chi connectivity index (χ0n) is 11.5. The molecule has 1 aliphatic rings. The highest BCUT2D eigenvalue weighted by molar-refractivity contribution is 6.08. The molecule has 0 N–H and O–H groups in total. The molecule has 1 heterocycles. The molecule has 0 unspecified atom stereocenters. The molecule has 0 saturated carbocycles. The van der Waals surface area contributed by atoms with Crippen molar-refractivity contribution in [1.82, 2.24) is 4.90 Å². The largest absolute Gasteiger partial charge is 0.374 e. The van der Waals surface area contributed by atoms with Crippen LogP contribution in [0.1, 0.15) is 21.5 Å². The van der Waals surface area contributed by atoms with Crippen molar-refractivity contribution in [2.75, 3.05) is 13.6 Å². The first-order valence-electron chi connectivity index (χ1n) is 6.86. The van der Waals surface area contributed by atoms with E-state index in [4.69, 9.17) is 0 Å². The molecule has 2 aromatic carbocycles. The van der Waals surface area contributed by atoms with Crippen molar-refractivity contribution in [2.45, 2.75) is 6.42 Å². The molecule has 2 nitrogen and oxygen atoms in total. The summed E-state index contributed by atoms with van der Waals surface area (Å²) in [6.07, 6.45) is 2.79. The molecule has 1 aliphatic heterocycles. The van der Waals surface area contributed by atoms with Gasteiger partial charge in [-0.2, -0.15) is 0 Å². The van der Waals surface area contributed by atoms with Crippen LogP contribution in [0, 0.1) is 0 Å². The second kappa shape index (κ2) is 5.33. The molecule has 100 valence electrons. The van der Waals surface area contributed by atoms with E-state index in [9.17, 15) is 4.79 Å². The zero-order valence-corrected chi connectivity index (χ0v) is 11.5. The summed E-state index contributed by atoms with van der Waals surface area (Å²) >= 11 is 0. The van der Waals surface area contributed by atoms with E-state index in [1.165, 1.54) is 11.1 Å². The maximum absolute atomic E-state index is 12.4. The number of carbonyl (C=O) groups is 1. The van der Waals surface area contributed by atoms with E-state index < -0.39 is 0 Å². The van der Waals surface area contributed by atoms with Crippen LogP contribution in [-0.2, 0) is 6.42 Å². The van der Waals surface area contributed by atoms with Crippen LogP contribution in [0.4, 0.5) is 0 Å². The molecule has 2 heteroatoms. The summed E-state index contributed by atoms with van der Waals surface area (Å²) < 4.78 is 0. The third kappa shape index (κ3) is 2.37. The monoisotopic (exact) mass is 263 g/mol. The van der Waals surface area contributed by atoms with E-state index in [-0.39, 0.29) is 5.78 Å². The Hall–Kier alpha value is -2.35. The summed E-state index contributed by atoms with van der Waals surface area (Å²) in [4.78, 5) is 14.5. The number of rotatable bonds is 2. The predicted octanol–water partition coefficient (Wildman–Crippen LogP) is 3.40. The van der Waals surface area contributed by atoms with E-state index in [0.717, 1.165) is 24.2 Å². The Morgan fingerprint density at radius 1 is 1.05 bits per heavy atom. The maximum Gasteiger partial charge on any atom is 0.187 e. The molecule has 0 saturated heterocycles. The average Bonchev–Trinajstić information content (AvgIpc) is 2.51. The fourth-order valence-electron chi connectivity index (χ4n) is 2.60. The molecule has 3 rings (SSSR count). The molecular formula is C18H17NO. The molecule has 2 aromatic rings. The standard InChI is InChI=1S/C18H17NO/c1-19-12-11-14-7-5-6-10-16(14)17(19)13-18(20)15-8-3-2-4-9-15/h2-10,13H,11-12H2,1H3/b17-13+. The molecule has 0 bridgehead atoms. The van der Waals surface area contributed by atoms with Crippen molar-refractivity contribution < 1.29 is 4.79 Å². The number of allylic oxidation sites excluding steroid dienone is 1. The molecule has 0 atom stereocenters. The summed E-state index contributed by atoms with van der Waals surface area (Å²) in [7, 11) is 2.04. The lowest BCUT2D eigenvalue weighted by Crippen LogP contribution is -2.26. The average molecular weight is 263 g/mol. The van der Waals surface area contributed by atoms with Gasteiger partial charge in [0.1, 0.15) is 0 Å². The molecule has 0 spiro atoms. The highest BCUT2D eigenvalue weighted by Crippen LogP contribution is 2.27. The Morgan fingerprint density at radius 3 is 2.55 bits per heavy atom. The minimum atomic E-state index is 0.0594. The molecule has 0 amide bonds. The van der Waals surface area contributed by atoms with Crippen molar-refractivity contribution in [1.29, 1.82) is 0 Å². The molecule has 0 aliphatic carbocycles. The fourth-order valence-corrected chi connectivity index (χ4v) is 2.60. The lowest BCUT2D eigenvalue weighted by atomic mass is 9.95.